The summed E-state index contributed by atoms with van der Waals surface area (Å²) in [5.41, 5.74) is 11.7. The van der Waals surface area contributed by atoms with Crippen LogP contribution in [0.2, 0.25) is 5.02 Å². The summed E-state index contributed by atoms with van der Waals surface area (Å²) in [5, 5.41) is 0.131. The van der Waals surface area contributed by atoms with Gasteiger partial charge in [0.15, 0.2) is 0 Å². The van der Waals surface area contributed by atoms with Crippen LogP contribution in [0.15, 0.2) is 12.1 Å². The number of carbonyl (C=O) groups excluding carboxylic acids is 1. The topological polar surface area (TPSA) is 78.3 Å². The third kappa shape index (κ3) is 1.67. The van der Waals surface area contributed by atoms with Crippen LogP contribution in [0.3, 0.4) is 0 Å². The third-order valence-electron chi connectivity index (χ3n) is 1.62. The average molecular weight is 201 g/mol. The lowest BCUT2D eigenvalue weighted by Gasteiger charge is -2.06. The molecular formula is C8H9ClN2O2. The molecule has 13 heavy (non-hydrogen) atoms. The number of esters is 1. The van der Waals surface area contributed by atoms with E-state index < -0.39 is 5.97 Å². The Labute approximate surface area is 80.4 Å². The highest BCUT2D eigenvalue weighted by Crippen LogP contribution is 2.28. The minimum absolute atomic E-state index is 0.131. The number of carbonyl (C=O) groups is 1. The Balaban J connectivity index is 3.26. The van der Waals surface area contributed by atoms with Gasteiger partial charge in [-0.1, -0.05) is 11.6 Å². The molecule has 0 aliphatic carbocycles. The number of ether oxygens (including phenoxy) is 1. The second-order valence-electron chi connectivity index (χ2n) is 2.42. The first kappa shape index (κ1) is 9.67. The molecule has 0 aliphatic rings. The van der Waals surface area contributed by atoms with Crippen molar-refractivity contribution in [1.82, 2.24) is 0 Å². The average Bonchev–Trinajstić information content (AvgIpc) is 2.13. The van der Waals surface area contributed by atoms with E-state index >= 15 is 0 Å². The van der Waals surface area contributed by atoms with E-state index in [2.05, 4.69) is 4.74 Å². The van der Waals surface area contributed by atoms with Crippen molar-refractivity contribution in [3.05, 3.63) is 22.7 Å². The van der Waals surface area contributed by atoms with E-state index in [-0.39, 0.29) is 16.3 Å². The van der Waals surface area contributed by atoms with E-state index in [9.17, 15) is 4.79 Å². The summed E-state index contributed by atoms with van der Waals surface area (Å²) in [7, 11) is 1.27. The van der Waals surface area contributed by atoms with Crippen LogP contribution in [0.5, 0.6) is 0 Å². The Hall–Kier alpha value is -1.42. The molecule has 0 aliphatic heterocycles. The van der Waals surface area contributed by atoms with Crippen molar-refractivity contribution < 1.29 is 9.53 Å². The largest absolute Gasteiger partial charge is 0.465 e. The van der Waals surface area contributed by atoms with Crippen molar-refractivity contribution in [3.8, 4) is 0 Å². The molecule has 0 amide bonds. The number of benzene rings is 1. The number of nitrogens with two attached hydrogens (primary N) is 2. The summed E-state index contributed by atoms with van der Waals surface area (Å²) in [5.74, 6) is -0.531. The van der Waals surface area contributed by atoms with Crippen molar-refractivity contribution in [2.45, 2.75) is 0 Å². The van der Waals surface area contributed by atoms with E-state index in [1.165, 1.54) is 19.2 Å². The van der Waals surface area contributed by atoms with Gasteiger partial charge in [0.2, 0.25) is 0 Å². The lowest BCUT2D eigenvalue weighted by molar-refractivity contribution is 0.0601. The van der Waals surface area contributed by atoms with Crippen molar-refractivity contribution >= 4 is 28.9 Å². The Morgan fingerprint density at radius 2 is 2.08 bits per heavy atom. The molecule has 0 atom stereocenters. The molecule has 5 heteroatoms. The van der Waals surface area contributed by atoms with Gasteiger partial charge in [0, 0.05) is 0 Å². The first-order valence-corrected chi connectivity index (χ1v) is 3.87. The van der Waals surface area contributed by atoms with Crippen LogP contribution >= 0.6 is 11.6 Å². The molecule has 1 rings (SSSR count). The van der Waals surface area contributed by atoms with E-state index in [0.717, 1.165) is 0 Å². The SMILES string of the molecule is COC(=O)c1ccc(N)c(N)c1Cl. The highest BCUT2D eigenvalue weighted by Gasteiger charge is 2.13. The lowest BCUT2D eigenvalue weighted by atomic mass is 10.2. The normalized spacial score (nSPS) is 9.69. The third-order valence-corrected chi connectivity index (χ3v) is 2.03. The smallest absolute Gasteiger partial charge is 0.339 e. The van der Waals surface area contributed by atoms with Crippen LogP contribution < -0.4 is 11.5 Å². The predicted molar refractivity (Wildman–Crippen MR) is 51.6 cm³/mol. The summed E-state index contributed by atoms with van der Waals surface area (Å²) < 4.78 is 4.49. The highest BCUT2D eigenvalue weighted by atomic mass is 35.5. The summed E-state index contributed by atoms with van der Waals surface area (Å²) in [6.45, 7) is 0. The number of hydrogen-bond acceptors (Lipinski definition) is 4. The maximum atomic E-state index is 11.1. The fourth-order valence-electron chi connectivity index (χ4n) is 0.875. The summed E-state index contributed by atoms with van der Waals surface area (Å²) in [6, 6.07) is 2.98. The monoisotopic (exact) mass is 200 g/mol. The molecule has 0 bridgehead atoms. The minimum atomic E-state index is -0.531. The van der Waals surface area contributed by atoms with E-state index in [1.807, 2.05) is 0 Å². The Morgan fingerprint density at radius 1 is 1.46 bits per heavy atom. The molecule has 70 valence electrons. The van der Waals surface area contributed by atoms with Crippen LogP contribution in [0.25, 0.3) is 0 Å². The van der Waals surface area contributed by atoms with E-state index in [0.29, 0.717) is 5.69 Å². The molecular weight excluding hydrogens is 192 g/mol. The van der Waals surface area contributed by atoms with Gasteiger partial charge in [-0.2, -0.15) is 0 Å². The van der Waals surface area contributed by atoms with Crippen LogP contribution in [0.4, 0.5) is 11.4 Å². The molecule has 1 aromatic rings. The van der Waals surface area contributed by atoms with Crippen molar-refractivity contribution in [2.75, 3.05) is 18.6 Å². The Kier molecular flexibility index (Phi) is 2.63. The van der Waals surface area contributed by atoms with Crippen molar-refractivity contribution in [3.63, 3.8) is 0 Å². The highest BCUT2D eigenvalue weighted by molar-refractivity contribution is 6.36. The van der Waals surface area contributed by atoms with Gasteiger partial charge < -0.3 is 16.2 Å². The molecule has 0 saturated heterocycles. The summed E-state index contributed by atoms with van der Waals surface area (Å²) in [6.07, 6.45) is 0. The molecule has 1 aromatic carbocycles. The second-order valence-corrected chi connectivity index (χ2v) is 2.80. The number of halogens is 1. The minimum Gasteiger partial charge on any atom is -0.465 e. The van der Waals surface area contributed by atoms with Gasteiger partial charge in [0.25, 0.3) is 0 Å². The summed E-state index contributed by atoms with van der Waals surface area (Å²) in [4.78, 5) is 11.1. The van der Waals surface area contributed by atoms with Crippen LogP contribution in [-0.2, 0) is 4.74 Å². The molecule has 0 heterocycles. The fourth-order valence-corrected chi connectivity index (χ4v) is 1.12. The maximum Gasteiger partial charge on any atom is 0.339 e. The molecule has 0 saturated carbocycles. The van der Waals surface area contributed by atoms with Gasteiger partial charge in [0.05, 0.1) is 29.1 Å². The zero-order valence-electron chi connectivity index (χ0n) is 7.00. The number of hydrogen-bond donors (Lipinski definition) is 2. The predicted octanol–water partition coefficient (Wildman–Crippen LogP) is 1.29. The quantitative estimate of drug-likeness (QED) is 0.529. The van der Waals surface area contributed by atoms with E-state index in [4.69, 9.17) is 23.1 Å². The molecule has 0 unspecified atom stereocenters. The van der Waals surface area contributed by atoms with Crippen molar-refractivity contribution in [1.29, 1.82) is 0 Å². The number of nitrogen functional groups attached to an aromatic ring is 2. The van der Waals surface area contributed by atoms with Gasteiger partial charge in [-0.05, 0) is 12.1 Å². The first-order valence-electron chi connectivity index (χ1n) is 3.49. The molecule has 0 fully saturated rings. The molecule has 0 radical (unpaired) electrons. The van der Waals surface area contributed by atoms with Gasteiger partial charge >= 0.3 is 5.97 Å². The number of rotatable bonds is 1. The van der Waals surface area contributed by atoms with Crippen molar-refractivity contribution in [2.24, 2.45) is 0 Å². The van der Waals surface area contributed by atoms with Gasteiger partial charge in [-0.25, -0.2) is 4.79 Å². The Morgan fingerprint density at radius 3 is 2.62 bits per heavy atom. The lowest BCUT2D eigenvalue weighted by Crippen LogP contribution is -2.05. The standard InChI is InChI=1S/C8H9ClN2O2/c1-13-8(12)4-2-3-5(10)7(11)6(4)9/h2-3H,10-11H2,1H3. The molecule has 0 spiro atoms. The zero-order chi connectivity index (χ0) is 10.0. The van der Waals surface area contributed by atoms with Crippen LogP contribution in [0.1, 0.15) is 10.4 Å². The molecule has 4 nitrogen and oxygen atoms in total. The molecule has 0 aromatic heterocycles. The van der Waals surface area contributed by atoms with E-state index in [1.54, 1.807) is 0 Å². The van der Waals surface area contributed by atoms with Crippen LogP contribution in [-0.4, -0.2) is 13.1 Å². The second kappa shape index (κ2) is 3.53. The number of methoxy groups -OCH3 is 1. The Bertz CT molecular complexity index is 352. The van der Waals surface area contributed by atoms with Gasteiger partial charge in [0.1, 0.15) is 0 Å². The van der Waals surface area contributed by atoms with Gasteiger partial charge in [-0.3, -0.25) is 0 Å². The zero-order valence-corrected chi connectivity index (χ0v) is 7.76. The number of anilines is 2. The molecule has 4 N–H and O–H groups in total. The fraction of sp³-hybridized carbons (Fsp3) is 0.125. The van der Waals surface area contributed by atoms with Gasteiger partial charge in [-0.15, -0.1) is 0 Å². The summed E-state index contributed by atoms with van der Waals surface area (Å²) >= 11 is 5.77. The van der Waals surface area contributed by atoms with Crippen LogP contribution in [0, 0.1) is 0 Å². The maximum absolute atomic E-state index is 11.1. The first-order chi connectivity index (χ1) is 6.07.